The zero-order chi connectivity index (χ0) is 7.72. The SMILES string of the molecule is Cc1[nH]c(=O)c(I)cc1Br. The molecule has 0 aliphatic heterocycles. The molecule has 1 aromatic rings. The van der Waals surface area contributed by atoms with Crippen LogP contribution in [-0.2, 0) is 0 Å². The highest BCUT2D eigenvalue weighted by molar-refractivity contribution is 14.1. The highest BCUT2D eigenvalue weighted by Crippen LogP contribution is 2.13. The molecule has 0 spiro atoms. The van der Waals surface area contributed by atoms with Crippen molar-refractivity contribution in [1.82, 2.24) is 4.98 Å². The van der Waals surface area contributed by atoms with E-state index in [1.165, 1.54) is 0 Å². The second-order valence-electron chi connectivity index (χ2n) is 1.92. The van der Waals surface area contributed by atoms with Gasteiger partial charge in [-0.1, -0.05) is 0 Å². The van der Waals surface area contributed by atoms with E-state index in [4.69, 9.17) is 0 Å². The topological polar surface area (TPSA) is 32.9 Å². The monoisotopic (exact) mass is 313 g/mol. The molecule has 0 saturated carbocycles. The van der Waals surface area contributed by atoms with Crippen LogP contribution in [0.3, 0.4) is 0 Å². The lowest BCUT2D eigenvalue weighted by atomic mass is 10.4. The fourth-order valence-electron chi connectivity index (χ4n) is 0.575. The van der Waals surface area contributed by atoms with Crippen molar-refractivity contribution < 1.29 is 0 Å². The first-order valence-electron chi connectivity index (χ1n) is 2.66. The second kappa shape index (κ2) is 3.04. The molecule has 0 aromatic carbocycles. The number of H-pyrrole nitrogens is 1. The molecule has 0 atom stereocenters. The van der Waals surface area contributed by atoms with Crippen LogP contribution in [-0.4, -0.2) is 4.98 Å². The van der Waals surface area contributed by atoms with Crippen LogP contribution in [0.5, 0.6) is 0 Å². The summed E-state index contributed by atoms with van der Waals surface area (Å²) in [5.74, 6) is 0. The quantitative estimate of drug-likeness (QED) is 0.731. The van der Waals surface area contributed by atoms with Gasteiger partial charge < -0.3 is 4.98 Å². The maximum atomic E-state index is 10.9. The van der Waals surface area contributed by atoms with Gasteiger partial charge in [0.1, 0.15) is 0 Å². The lowest BCUT2D eigenvalue weighted by Gasteiger charge is -1.96. The normalized spacial score (nSPS) is 9.90. The van der Waals surface area contributed by atoms with Gasteiger partial charge in [-0.2, -0.15) is 0 Å². The van der Waals surface area contributed by atoms with Gasteiger partial charge in [-0.15, -0.1) is 0 Å². The average molecular weight is 314 g/mol. The third-order valence-electron chi connectivity index (χ3n) is 1.13. The van der Waals surface area contributed by atoms with Crippen molar-refractivity contribution in [2.24, 2.45) is 0 Å². The Kier molecular flexibility index (Phi) is 2.51. The largest absolute Gasteiger partial charge is 0.324 e. The van der Waals surface area contributed by atoms with Crippen LogP contribution >= 0.6 is 38.5 Å². The van der Waals surface area contributed by atoms with Gasteiger partial charge in [0.25, 0.3) is 5.56 Å². The molecular formula is C6H5BrINO. The standard InChI is InChI=1S/C6H5BrINO/c1-3-4(7)2-5(8)6(10)9-3/h2H,1H3,(H,9,10). The lowest BCUT2D eigenvalue weighted by molar-refractivity contribution is 1.11. The van der Waals surface area contributed by atoms with Crippen molar-refractivity contribution in [3.05, 3.63) is 30.2 Å². The summed E-state index contributed by atoms with van der Waals surface area (Å²) in [6, 6.07) is 1.80. The Morgan fingerprint density at radius 2 is 2.30 bits per heavy atom. The van der Waals surface area contributed by atoms with Crippen molar-refractivity contribution in [2.75, 3.05) is 0 Å². The molecule has 0 unspecified atom stereocenters. The van der Waals surface area contributed by atoms with Crippen LogP contribution in [0.2, 0.25) is 0 Å². The second-order valence-corrected chi connectivity index (χ2v) is 3.94. The fourth-order valence-corrected chi connectivity index (χ4v) is 1.78. The van der Waals surface area contributed by atoms with E-state index in [1.54, 1.807) is 6.07 Å². The van der Waals surface area contributed by atoms with Crippen LogP contribution < -0.4 is 5.56 Å². The number of aryl methyl sites for hydroxylation is 1. The Morgan fingerprint density at radius 3 is 2.80 bits per heavy atom. The summed E-state index contributed by atoms with van der Waals surface area (Å²) in [4.78, 5) is 13.6. The van der Waals surface area contributed by atoms with Crippen molar-refractivity contribution in [3.8, 4) is 0 Å². The summed E-state index contributed by atoms with van der Waals surface area (Å²) in [5.41, 5.74) is 0.840. The maximum absolute atomic E-state index is 10.9. The predicted octanol–water partition coefficient (Wildman–Crippen LogP) is 2.05. The van der Waals surface area contributed by atoms with E-state index >= 15 is 0 Å². The molecule has 2 nitrogen and oxygen atoms in total. The van der Waals surface area contributed by atoms with Gasteiger partial charge >= 0.3 is 0 Å². The number of hydrogen-bond acceptors (Lipinski definition) is 1. The Bertz CT molecular complexity index is 307. The molecular weight excluding hydrogens is 309 g/mol. The highest BCUT2D eigenvalue weighted by Gasteiger charge is 1.98. The molecule has 0 bridgehead atoms. The van der Waals surface area contributed by atoms with Gasteiger partial charge in [-0.25, -0.2) is 0 Å². The Hall–Kier alpha value is 0.160. The minimum absolute atomic E-state index is 0.0266. The predicted molar refractivity (Wildman–Crippen MR) is 52.2 cm³/mol. The highest BCUT2D eigenvalue weighted by atomic mass is 127. The summed E-state index contributed by atoms with van der Waals surface area (Å²) >= 11 is 5.30. The number of hydrogen-bond donors (Lipinski definition) is 1. The number of aromatic nitrogens is 1. The van der Waals surface area contributed by atoms with Crippen LogP contribution in [0.15, 0.2) is 15.3 Å². The summed E-state index contributed by atoms with van der Waals surface area (Å²) in [6.07, 6.45) is 0. The Balaban J connectivity index is 3.43. The number of halogens is 2. The smallest absolute Gasteiger partial charge is 0.261 e. The first-order valence-corrected chi connectivity index (χ1v) is 4.53. The minimum atomic E-state index is -0.0266. The zero-order valence-electron chi connectivity index (χ0n) is 5.24. The van der Waals surface area contributed by atoms with E-state index < -0.39 is 0 Å². The van der Waals surface area contributed by atoms with E-state index in [-0.39, 0.29) is 5.56 Å². The molecule has 4 heteroatoms. The molecule has 0 amide bonds. The van der Waals surface area contributed by atoms with Crippen molar-refractivity contribution >= 4 is 38.5 Å². The summed E-state index contributed by atoms with van der Waals surface area (Å²) < 4.78 is 1.64. The van der Waals surface area contributed by atoms with E-state index in [9.17, 15) is 4.79 Å². The van der Waals surface area contributed by atoms with Crippen molar-refractivity contribution in [3.63, 3.8) is 0 Å². The van der Waals surface area contributed by atoms with Crippen LogP contribution in [0.4, 0.5) is 0 Å². The number of nitrogens with one attached hydrogen (secondary N) is 1. The third kappa shape index (κ3) is 1.60. The minimum Gasteiger partial charge on any atom is -0.324 e. The average Bonchev–Trinajstić information content (AvgIpc) is 1.84. The first-order chi connectivity index (χ1) is 4.61. The Labute approximate surface area is 80.3 Å². The molecule has 0 saturated heterocycles. The fraction of sp³-hybridized carbons (Fsp3) is 0.167. The van der Waals surface area contributed by atoms with E-state index in [2.05, 4.69) is 20.9 Å². The van der Waals surface area contributed by atoms with Gasteiger partial charge in [0, 0.05) is 10.2 Å². The molecule has 10 heavy (non-hydrogen) atoms. The molecule has 1 N–H and O–H groups in total. The molecule has 1 aromatic heterocycles. The van der Waals surface area contributed by atoms with Gasteiger partial charge in [-0.3, -0.25) is 4.79 Å². The van der Waals surface area contributed by atoms with E-state index in [1.807, 2.05) is 29.5 Å². The lowest BCUT2D eigenvalue weighted by Crippen LogP contribution is -2.10. The molecule has 1 rings (SSSR count). The van der Waals surface area contributed by atoms with Gasteiger partial charge in [-0.05, 0) is 51.5 Å². The van der Waals surface area contributed by atoms with Crippen LogP contribution in [0.25, 0.3) is 0 Å². The van der Waals surface area contributed by atoms with Gasteiger partial charge in [0.15, 0.2) is 0 Å². The first kappa shape index (κ1) is 8.26. The number of aromatic amines is 1. The molecule has 0 radical (unpaired) electrons. The number of rotatable bonds is 0. The van der Waals surface area contributed by atoms with Crippen LogP contribution in [0, 0.1) is 10.5 Å². The Morgan fingerprint density at radius 1 is 1.70 bits per heavy atom. The van der Waals surface area contributed by atoms with Crippen LogP contribution in [0.1, 0.15) is 5.69 Å². The number of pyridine rings is 1. The van der Waals surface area contributed by atoms with Crippen molar-refractivity contribution in [1.29, 1.82) is 0 Å². The summed E-state index contributed by atoms with van der Waals surface area (Å²) in [7, 11) is 0. The summed E-state index contributed by atoms with van der Waals surface area (Å²) in [5, 5.41) is 0. The molecule has 0 aliphatic rings. The maximum Gasteiger partial charge on any atom is 0.261 e. The molecule has 0 aliphatic carbocycles. The van der Waals surface area contributed by atoms with Crippen molar-refractivity contribution in [2.45, 2.75) is 6.92 Å². The molecule has 54 valence electrons. The van der Waals surface area contributed by atoms with E-state index in [0.717, 1.165) is 10.2 Å². The van der Waals surface area contributed by atoms with E-state index in [0.29, 0.717) is 3.57 Å². The molecule has 1 heterocycles. The summed E-state index contributed by atoms with van der Waals surface area (Å²) in [6.45, 7) is 1.85. The molecule has 0 fully saturated rings. The zero-order valence-corrected chi connectivity index (χ0v) is 8.99. The van der Waals surface area contributed by atoms with Gasteiger partial charge in [0.2, 0.25) is 0 Å². The third-order valence-corrected chi connectivity index (χ3v) is 2.75. The van der Waals surface area contributed by atoms with Gasteiger partial charge in [0.05, 0.1) is 3.57 Å².